The Bertz CT molecular complexity index is 918. The summed E-state index contributed by atoms with van der Waals surface area (Å²) in [6.07, 6.45) is 4.33. The van der Waals surface area contributed by atoms with Gasteiger partial charge in [-0.05, 0) is 62.1 Å². The number of pyridine rings is 1. The number of hydrogen-bond acceptors (Lipinski definition) is 6. The molecule has 2 N–H and O–H groups in total. The molecule has 1 aliphatic heterocycles. The predicted octanol–water partition coefficient (Wildman–Crippen LogP) is 4.77. The highest BCUT2D eigenvalue weighted by Gasteiger charge is 2.15. The van der Waals surface area contributed by atoms with Gasteiger partial charge in [-0.15, -0.1) is 0 Å². The number of aryl methyl sites for hydroxylation is 1. The van der Waals surface area contributed by atoms with E-state index in [-0.39, 0.29) is 0 Å². The van der Waals surface area contributed by atoms with Gasteiger partial charge in [-0.1, -0.05) is 13.0 Å². The van der Waals surface area contributed by atoms with Gasteiger partial charge in [0.05, 0.1) is 12.2 Å². The minimum absolute atomic E-state index is 0.590. The fraction of sp³-hybridized carbons (Fsp3) is 0.348. The molecule has 0 spiro atoms. The zero-order chi connectivity index (χ0) is 20.1. The van der Waals surface area contributed by atoms with Crippen LogP contribution in [0.25, 0.3) is 0 Å². The lowest BCUT2D eigenvalue weighted by Crippen LogP contribution is -2.32. The first-order valence-electron chi connectivity index (χ1n) is 10.3. The van der Waals surface area contributed by atoms with Gasteiger partial charge in [-0.25, -0.2) is 4.98 Å². The number of rotatable bonds is 6. The lowest BCUT2D eigenvalue weighted by atomic mass is 9.99. The molecule has 1 aliphatic rings. The molecule has 0 bridgehead atoms. The van der Waals surface area contributed by atoms with Gasteiger partial charge in [0, 0.05) is 42.4 Å². The maximum atomic E-state index is 4.59. The Balaban J connectivity index is 1.40. The minimum atomic E-state index is 0.590. The second-order valence-corrected chi connectivity index (χ2v) is 7.73. The van der Waals surface area contributed by atoms with Crippen LogP contribution >= 0.6 is 0 Å². The van der Waals surface area contributed by atoms with Crippen molar-refractivity contribution >= 4 is 23.1 Å². The summed E-state index contributed by atoms with van der Waals surface area (Å²) in [4.78, 5) is 15.9. The molecule has 1 aromatic carbocycles. The molecule has 6 heteroatoms. The van der Waals surface area contributed by atoms with Gasteiger partial charge in [0.25, 0.3) is 0 Å². The summed E-state index contributed by atoms with van der Waals surface area (Å²) in [5, 5.41) is 6.65. The molecule has 150 valence electrons. The van der Waals surface area contributed by atoms with Crippen LogP contribution in [0.5, 0.6) is 0 Å². The summed E-state index contributed by atoms with van der Waals surface area (Å²) in [5.41, 5.74) is 4.17. The molecule has 0 saturated carbocycles. The zero-order valence-electron chi connectivity index (χ0n) is 17.1. The largest absolute Gasteiger partial charge is 0.372 e. The summed E-state index contributed by atoms with van der Waals surface area (Å²) in [5.74, 6) is 2.21. The number of nitrogens with zero attached hydrogens (tertiary/aromatic N) is 4. The third-order valence-electron chi connectivity index (χ3n) is 5.30. The molecule has 1 saturated heterocycles. The van der Waals surface area contributed by atoms with Gasteiger partial charge in [-0.3, -0.25) is 4.98 Å². The van der Waals surface area contributed by atoms with Crippen molar-refractivity contribution in [2.75, 3.05) is 28.6 Å². The van der Waals surface area contributed by atoms with Crippen molar-refractivity contribution in [2.24, 2.45) is 5.92 Å². The van der Waals surface area contributed by atoms with Crippen molar-refractivity contribution < 1.29 is 0 Å². The summed E-state index contributed by atoms with van der Waals surface area (Å²) in [6.45, 7) is 7.19. The van der Waals surface area contributed by atoms with Crippen LogP contribution in [-0.4, -0.2) is 28.0 Å². The second kappa shape index (κ2) is 8.90. The highest BCUT2D eigenvalue weighted by Crippen LogP contribution is 2.25. The molecule has 0 unspecified atom stereocenters. The van der Waals surface area contributed by atoms with Crippen LogP contribution in [0.1, 0.15) is 31.2 Å². The minimum Gasteiger partial charge on any atom is -0.372 e. The fourth-order valence-electron chi connectivity index (χ4n) is 3.55. The molecule has 2 aromatic heterocycles. The van der Waals surface area contributed by atoms with Gasteiger partial charge in [0.2, 0.25) is 5.95 Å². The summed E-state index contributed by atoms with van der Waals surface area (Å²) < 4.78 is 0. The van der Waals surface area contributed by atoms with Gasteiger partial charge < -0.3 is 15.5 Å². The van der Waals surface area contributed by atoms with Crippen LogP contribution in [0.15, 0.2) is 54.7 Å². The lowest BCUT2D eigenvalue weighted by Gasteiger charge is -2.32. The van der Waals surface area contributed by atoms with E-state index in [9.17, 15) is 0 Å². The summed E-state index contributed by atoms with van der Waals surface area (Å²) in [7, 11) is 0. The van der Waals surface area contributed by atoms with Crippen molar-refractivity contribution in [2.45, 2.75) is 33.2 Å². The van der Waals surface area contributed by atoms with Crippen LogP contribution in [0.4, 0.5) is 23.1 Å². The maximum absolute atomic E-state index is 4.59. The first-order valence-corrected chi connectivity index (χ1v) is 10.3. The molecule has 3 aromatic rings. The molecule has 0 amide bonds. The highest BCUT2D eigenvalue weighted by atomic mass is 15.2. The zero-order valence-corrected chi connectivity index (χ0v) is 17.1. The predicted molar refractivity (Wildman–Crippen MR) is 119 cm³/mol. The van der Waals surface area contributed by atoms with Gasteiger partial charge >= 0.3 is 0 Å². The summed E-state index contributed by atoms with van der Waals surface area (Å²) in [6, 6.07) is 16.4. The van der Waals surface area contributed by atoms with Crippen LogP contribution in [-0.2, 0) is 6.54 Å². The average Bonchev–Trinajstić information content (AvgIpc) is 2.74. The molecule has 1 fully saturated rings. The van der Waals surface area contributed by atoms with Gasteiger partial charge in [0.1, 0.15) is 5.82 Å². The topological polar surface area (TPSA) is 66.0 Å². The molecule has 0 aliphatic carbocycles. The molecule has 3 heterocycles. The van der Waals surface area contributed by atoms with Crippen molar-refractivity contribution in [3.8, 4) is 0 Å². The van der Waals surface area contributed by atoms with E-state index in [2.05, 4.69) is 61.7 Å². The number of hydrogen-bond donors (Lipinski definition) is 2. The van der Waals surface area contributed by atoms with E-state index in [1.54, 1.807) is 6.20 Å². The van der Waals surface area contributed by atoms with E-state index in [1.165, 1.54) is 18.5 Å². The molecule has 29 heavy (non-hydrogen) atoms. The Kier molecular flexibility index (Phi) is 5.89. The van der Waals surface area contributed by atoms with Crippen molar-refractivity contribution in [3.05, 3.63) is 66.1 Å². The van der Waals surface area contributed by atoms with E-state index < -0.39 is 0 Å². The molecule has 0 atom stereocenters. The van der Waals surface area contributed by atoms with Crippen LogP contribution in [0.3, 0.4) is 0 Å². The third kappa shape index (κ3) is 5.22. The van der Waals surface area contributed by atoms with Gasteiger partial charge in [-0.2, -0.15) is 4.98 Å². The Morgan fingerprint density at radius 1 is 1.03 bits per heavy atom. The van der Waals surface area contributed by atoms with Crippen LogP contribution in [0.2, 0.25) is 0 Å². The van der Waals surface area contributed by atoms with Crippen LogP contribution < -0.4 is 15.5 Å². The van der Waals surface area contributed by atoms with E-state index in [0.717, 1.165) is 41.9 Å². The SMILES string of the molecule is Cc1cc(Nc2ccc(N3CCC(C)CC3)cc2)nc(NCc2ccccn2)n1. The quantitative estimate of drug-likeness (QED) is 0.634. The van der Waals surface area contributed by atoms with Crippen LogP contribution in [0, 0.1) is 12.8 Å². The summed E-state index contributed by atoms with van der Waals surface area (Å²) >= 11 is 0. The Morgan fingerprint density at radius 2 is 1.83 bits per heavy atom. The molecular formula is C23H28N6. The van der Waals surface area contributed by atoms with Crippen molar-refractivity contribution in [1.82, 2.24) is 15.0 Å². The number of anilines is 4. The van der Waals surface area contributed by atoms with Crippen molar-refractivity contribution in [3.63, 3.8) is 0 Å². The average molecular weight is 389 g/mol. The lowest BCUT2D eigenvalue weighted by molar-refractivity contribution is 0.438. The number of benzene rings is 1. The second-order valence-electron chi connectivity index (χ2n) is 7.73. The number of aromatic nitrogens is 3. The van der Waals surface area contributed by atoms with Crippen molar-refractivity contribution in [1.29, 1.82) is 0 Å². The fourth-order valence-corrected chi connectivity index (χ4v) is 3.55. The van der Waals surface area contributed by atoms with E-state index in [1.807, 2.05) is 31.2 Å². The van der Waals surface area contributed by atoms with E-state index >= 15 is 0 Å². The first-order chi connectivity index (χ1) is 14.2. The highest BCUT2D eigenvalue weighted by molar-refractivity contribution is 5.61. The number of piperidine rings is 1. The smallest absolute Gasteiger partial charge is 0.225 e. The monoisotopic (exact) mass is 388 g/mol. The molecule has 6 nitrogen and oxygen atoms in total. The molecular weight excluding hydrogens is 360 g/mol. The first kappa shape index (κ1) is 19.2. The third-order valence-corrected chi connectivity index (χ3v) is 5.30. The standard InChI is InChI=1S/C23H28N6/c1-17-10-13-29(14-11-17)21-8-6-19(7-9-21)27-22-15-18(2)26-23(28-22)25-16-20-5-3-4-12-24-20/h3-9,12,15,17H,10-11,13-14,16H2,1-2H3,(H2,25,26,27,28). The Labute approximate surface area is 172 Å². The molecule has 4 rings (SSSR count). The Hall–Kier alpha value is -3.15. The normalized spacial score (nSPS) is 14.6. The maximum Gasteiger partial charge on any atom is 0.225 e. The van der Waals surface area contributed by atoms with Gasteiger partial charge in [0.15, 0.2) is 0 Å². The Morgan fingerprint density at radius 3 is 2.55 bits per heavy atom. The number of nitrogens with one attached hydrogen (secondary N) is 2. The van der Waals surface area contributed by atoms with E-state index in [0.29, 0.717) is 12.5 Å². The van der Waals surface area contributed by atoms with E-state index in [4.69, 9.17) is 0 Å². The molecule has 0 radical (unpaired) electrons.